The smallest absolute Gasteiger partial charge is 0.0703 e. The minimum Gasteiger partial charge on any atom is -0.377 e. The van der Waals surface area contributed by atoms with Crippen LogP contribution < -0.4 is 5.73 Å². The number of ether oxygens (including phenoxy) is 1. The molecule has 2 rings (SSSR count). The van der Waals surface area contributed by atoms with E-state index in [-0.39, 0.29) is 0 Å². The maximum absolute atomic E-state index is 5.95. The molecule has 0 bridgehead atoms. The Morgan fingerprint density at radius 3 is 2.53 bits per heavy atom. The fourth-order valence-electron chi connectivity index (χ4n) is 3.69. The lowest BCUT2D eigenvalue weighted by Gasteiger charge is -2.43. The SMILES string of the molecule is CC1CCC(CN)C(N(C)C2CCOC2C)C1. The van der Waals surface area contributed by atoms with Crippen molar-refractivity contribution in [3.05, 3.63) is 0 Å². The molecule has 5 unspecified atom stereocenters. The van der Waals surface area contributed by atoms with Gasteiger partial charge in [0.05, 0.1) is 6.10 Å². The summed E-state index contributed by atoms with van der Waals surface area (Å²) in [5.41, 5.74) is 5.95. The van der Waals surface area contributed by atoms with Gasteiger partial charge in [-0.2, -0.15) is 0 Å². The van der Waals surface area contributed by atoms with Crippen molar-refractivity contribution < 1.29 is 4.74 Å². The van der Waals surface area contributed by atoms with Gasteiger partial charge < -0.3 is 10.5 Å². The molecule has 0 spiro atoms. The normalized spacial score (nSPS) is 43.2. The largest absolute Gasteiger partial charge is 0.377 e. The second-order valence-corrected chi connectivity index (χ2v) is 6.08. The Hall–Kier alpha value is -0.120. The van der Waals surface area contributed by atoms with Crippen LogP contribution in [0, 0.1) is 11.8 Å². The highest BCUT2D eigenvalue weighted by Gasteiger charge is 2.37. The van der Waals surface area contributed by atoms with E-state index in [1.54, 1.807) is 0 Å². The van der Waals surface area contributed by atoms with Gasteiger partial charge in [0.2, 0.25) is 0 Å². The maximum atomic E-state index is 5.95. The summed E-state index contributed by atoms with van der Waals surface area (Å²) < 4.78 is 5.70. The Balaban J connectivity index is 2.02. The molecule has 0 aromatic heterocycles. The van der Waals surface area contributed by atoms with Crippen LogP contribution in [0.25, 0.3) is 0 Å². The van der Waals surface area contributed by atoms with Gasteiger partial charge in [-0.1, -0.05) is 13.3 Å². The third kappa shape index (κ3) is 2.83. The first-order chi connectivity index (χ1) is 8.13. The third-order valence-electron chi connectivity index (χ3n) is 4.90. The number of likely N-dealkylation sites (N-methyl/N-ethyl adjacent to an activating group) is 1. The molecule has 3 heteroatoms. The maximum Gasteiger partial charge on any atom is 0.0703 e. The topological polar surface area (TPSA) is 38.5 Å². The Morgan fingerprint density at radius 1 is 1.18 bits per heavy atom. The van der Waals surface area contributed by atoms with E-state index in [1.165, 1.54) is 25.7 Å². The molecule has 1 saturated heterocycles. The van der Waals surface area contributed by atoms with Gasteiger partial charge in [-0.05, 0) is 51.6 Å². The minimum absolute atomic E-state index is 0.385. The van der Waals surface area contributed by atoms with E-state index in [0.29, 0.717) is 24.1 Å². The predicted molar refractivity (Wildman–Crippen MR) is 70.9 cm³/mol. The number of nitrogens with two attached hydrogens (primary N) is 1. The summed E-state index contributed by atoms with van der Waals surface area (Å²) in [6.07, 6.45) is 5.52. The molecule has 100 valence electrons. The van der Waals surface area contributed by atoms with Gasteiger partial charge in [-0.15, -0.1) is 0 Å². The monoisotopic (exact) mass is 240 g/mol. The number of nitrogens with zero attached hydrogens (tertiary/aromatic N) is 1. The molecule has 2 aliphatic rings. The van der Waals surface area contributed by atoms with Crippen LogP contribution in [0.3, 0.4) is 0 Å². The van der Waals surface area contributed by atoms with Gasteiger partial charge >= 0.3 is 0 Å². The molecule has 2 N–H and O–H groups in total. The summed E-state index contributed by atoms with van der Waals surface area (Å²) in [6.45, 7) is 6.34. The Bertz CT molecular complexity index is 246. The van der Waals surface area contributed by atoms with Crippen LogP contribution >= 0.6 is 0 Å². The first-order valence-corrected chi connectivity index (χ1v) is 7.17. The molecule has 0 radical (unpaired) electrons. The van der Waals surface area contributed by atoms with Crippen LogP contribution in [0.5, 0.6) is 0 Å². The summed E-state index contributed by atoms with van der Waals surface area (Å²) in [5, 5.41) is 0. The van der Waals surface area contributed by atoms with Crippen molar-refractivity contribution in [3.63, 3.8) is 0 Å². The quantitative estimate of drug-likeness (QED) is 0.818. The zero-order chi connectivity index (χ0) is 12.4. The van der Waals surface area contributed by atoms with E-state index in [0.717, 1.165) is 19.1 Å². The summed E-state index contributed by atoms with van der Waals surface area (Å²) >= 11 is 0. The van der Waals surface area contributed by atoms with Gasteiger partial charge in [0.1, 0.15) is 0 Å². The average molecular weight is 240 g/mol. The van der Waals surface area contributed by atoms with E-state index in [2.05, 4.69) is 25.8 Å². The molecule has 17 heavy (non-hydrogen) atoms. The van der Waals surface area contributed by atoms with E-state index in [9.17, 15) is 0 Å². The Labute approximate surface area is 106 Å². The molecule has 2 fully saturated rings. The highest BCUT2D eigenvalue weighted by atomic mass is 16.5. The van der Waals surface area contributed by atoms with Crippen LogP contribution in [0.1, 0.15) is 39.5 Å². The van der Waals surface area contributed by atoms with Crippen molar-refractivity contribution in [3.8, 4) is 0 Å². The summed E-state index contributed by atoms with van der Waals surface area (Å²) in [4.78, 5) is 2.57. The summed E-state index contributed by atoms with van der Waals surface area (Å²) in [6, 6.07) is 1.26. The van der Waals surface area contributed by atoms with Gasteiger partial charge in [-0.25, -0.2) is 0 Å². The number of rotatable bonds is 3. The van der Waals surface area contributed by atoms with Crippen LogP contribution in [-0.2, 0) is 4.74 Å². The van der Waals surface area contributed by atoms with Crippen LogP contribution in [0.2, 0.25) is 0 Å². The van der Waals surface area contributed by atoms with Crippen molar-refractivity contribution in [1.29, 1.82) is 0 Å². The molecule has 0 amide bonds. The average Bonchev–Trinajstić information content (AvgIpc) is 2.74. The molecule has 1 aliphatic heterocycles. The molecule has 1 saturated carbocycles. The van der Waals surface area contributed by atoms with Crippen LogP contribution in [-0.4, -0.2) is 43.3 Å². The predicted octanol–water partition coefficient (Wildman–Crippen LogP) is 1.86. The molecular formula is C14H28N2O. The van der Waals surface area contributed by atoms with Gasteiger partial charge in [0, 0.05) is 18.7 Å². The van der Waals surface area contributed by atoms with E-state index in [1.807, 2.05) is 0 Å². The second kappa shape index (κ2) is 5.68. The first-order valence-electron chi connectivity index (χ1n) is 7.17. The van der Waals surface area contributed by atoms with Crippen molar-refractivity contribution >= 4 is 0 Å². The molecule has 0 aromatic rings. The third-order valence-corrected chi connectivity index (χ3v) is 4.90. The zero-order valence-corrected chi connectivity index (χ0v) is 11.6. The molecular weight excluding hydrogens is 212 g/mol. The Kier molecular flexibility index (Phi) is 4.45. The summed E-state index contributed by atoms with van der Waals surface area (Å²) in [7, 11) is 2.28. The highest BCUT2D eigenvalue weighted by molar-refractivity contribution is 4.91. The molecule has 1 aliphatic carbocycles. The summed E-state index contributed by atoms with van der Waals surface area (Å²) in [5.74, 6) is 1.53. The lowest BCUT2D eigenvalue weighted by molar-refractivity contribution is 0.0320. The second-order valence-electron chi connectivity index (χ2n) is 6.08. The van der Waals surface area contributed by atoms with Crippen molar-refractivity contribution in [2.45, 2.75) is 57.7 Å². The van der Waals surface area contributed by atoms with E-state index < -0.39 is 0 Å². The Morgan fingerprint density at radius 2 is 1.94 bits per heavy atom. The molecule has 0 aromatic carbocycles. The van der Waals surface area contributed by atoms with Crippen LogP contribution in [0.15, 0.2) is 0 Å². The van der Waals surface area contributed by atoms with E-state index in [4.69, 9.17) is 10.5 Å². The lowest BCUT2D eigenvalue weighted by atomic mass is 9.78. The van der Waals surface area contributed by atoms with Gasteiger partial charge in [0.15, 0.2) is 0 Å². The fraction of sp³-hybridized carbons (Fsp3) is 1.00. The number of hydrogen-bond acceptors (Lipinski definition) is 3. The van der Waals surface area contributed by atoms with Gasteiger partial charge in [0.25, 0.3) is 0 Å². The molecule has 3 nitrogen and oxygen atoms in total. The molecule has 1 heterocycles. The fourth-order valence-corrected chi connectivity index (χ4v) is 3.69. The lowest BCUT2D eigenvalue weighted by Crippen LogP contribution is -2.50. The zero-order valence-electron chi connectivity index (χ0n) is 11.6. The first kappa shape index (κ1) is 13.3. The highest BCUT2D eigenvalue weighted by Crippen LogP contribution is 2.34. The number of hydrogen-bond donors (Lipinski definition) is 1. The minimum atomic E-state index is 0.385. The van der Waals surface area contributed by atoms with Crippen LogP contribution in [0.4, 0.5) is 0 Å². The standard InChI is InChI=1S/C14H28N2O/c1-10-4-5-12(9-15)14(8-10)16(3)13-6-7-17-11(13)2/h10-14H,4-9,15H2,1-3H3. The van der Waals surface area contributed by atoms with Crippen molar-refractivity contribution in [2.24, 2.45) is 17.6 Å². The van der Waals surface area contributed by atoms with Crippen molar-refractivity contribution in [2.75, 3.05) is 20.2 Å². The van der Waals surface area contributed by atoms with Gasteiger partial charge in [-0.3, -0.25) is 4.90 Å². The van der Waals surface area contributed by atoms with E-state index >= 15 is 0 Å². The van der Waals surface area contributed by atoms with Crippen molar-refractivity contribution in [1.82, 2.24) is 4.90 Å². The molecule has 5 atom stereocenters.